The lowest BCUT2D eigenvalue weighted by molar-refractivity contribution is -0.742. The quantitative estimate of drug-likeness (QED) is 0.424. The molecule has 0 aromatic rings. The molecule has 0 rings (SSSR count). The maximum atomic E-state index is 9.82. The standard InChI is InChI=1S/C4H9NO.HNO3/c1-2-3-4(5)6;2-1(3)4/h2-3H2,1H3,(H2,5,6);(H,2,3,4). The highest BCUT2D eigenvalue weighted by atomic mass is 16.9. The van der Waals surface area contributed by atoms with Gasteiger partial charge in [-0.05, 0) is 6.42 Å². The van der Waals surface area contributed by atoms with E-state index < -0.39 is 5.09 Å². The normalized spacial score (nSPS) is 7.30. The van der Waals surface area contributed by atoms with Crippen molar-refractivity contribution in [2.45, 2.75) is 19.8 Å². The number of rotatable bonds is 2. The number of primary amides is 1. The summed E-state index contributed by atoms with van der Waals surface area (Å²) in [7, 11) is 0. The van der Waals surface area contributed by atoms with Gasteiger partial charge in [0.15, 0.2) is 0 Å². The Hall–Kier alpha value is -1.33. The lowest BCUT2D eigenvalue weighted by Crippen LogP contribution is -2.08. The third kappa shape index (κ3) is 76.9. The van der Waals surface area contributed by atoms with Crippen molar-refractivity contribution >= 4 is 5.91 Å². The third-order valence-corrected chi connectivity index (χ3v) is 0.496. The number of carbonyl (C=O) groups excluding carboxylic acids is 1. The van der Waals surface area contributed by atoms with E-state index in [9.17, 15) is 4.79 Å². The van der Waals surface area contributed by atoms with Crippen LogP contribution in [0.4, 0.5) is 0 Å². The van der Waals surface area contributed by atoms with Crippen molar-refractivity contribution in [2.24, 2.45) is 5.73 Å². The van der Waals surface area contributed by atoms with Crippen LogP contribution in [0.2, 0.25) is 0 Å². The summed E-state index contributed by atoms with van der Waals surface area (Å²) in [4.78, 5) is 18.2. The van der Waals surface area contributed by atoms with Crippen LogP contribution in [-0.4, -0.2) is 16.2 Å². The van der Waals surface area contributed by atoms with Crippen LogP contribution in [0, 0.1) is 10.1 Å². The van der Waals surface area contributed by atoms with Crippen LogP contribution in [-0.2, 0) is 4.79 Å². The molecule has 3 N–H and O–H groups in total. The molecule has 0 fully saturated rings. The molecule has 0 aliphatic rings. The first-order valence-electron chi connectivity index (χ1n) is 2.62. The van der Waals surface area contributed by atoms with Gasteiger partial charge in [-0.1, -0.05) is 6.92 Å². The lowest BCUT2D eigenvalue weighted by atomic mass is 10.3. The van der Waals surface area contributed by atoms with Gasteiger partial charge in [0, 0.05) is 6.42 Å². The summed E-state index contributed by atoms with van der Waals surface area (Å²) in [5.41, 5.74) is 4.76. The summed E-state index contributed by atoms with van der Waals surface area (Å²) in [6.45, 7) is 1.92. The number of carbonyl (C=O) groups is 1. The van der Waals surface area contributed by atoms with Crippen molar-refractivity contribution in [2.75, 3.05) is 0 Å². The topological polar surface area (TPSA) is 106 Å². The number of amides is 1. The molecule has 6 heteroatoms. The van der Waals surface area contributed by atoms with Crippen LogP contribution in [0.25, 0.3) is 0 Å². The summed E-state index contributed by atoms with van der Waals surface area (Å²) in [5.74, 6) is -0.211. The number of hydrogen-bond acceptors (Lipinski definition) is 3. The molecule has 0 unspecified atom stereocenters. The first-order valence-corrected chi connectivity index (χ1v) is 2.62. The van der Waals surface area contributed by atoms with Gasteiger partial charge in [-0.2, -0.15) is 0 Å². The van der Waals surface area contributed by atoms with E-state index in [2.05, 4.69) is 0 Å². The summed E-state index contributed by atoms with van der Waals surface area (Å²) >= 11 is 0. The summed E-state index contributed by atoms with van der Waals surface area (Å²) in [6, 6.07) is 0. The Morgan fingerprint density at radius 2 is 2.10 bits per heavy atom. The average Bonchev–Trinajstić information content (AvgIpc) is 1.62. The molecule has 0 aliphatic carbocycles. The largest absolute Gasteiger partial charge is 0.370 e. The molecule has 0 saturated carbocycles. The molecule has 0 bridgehead atoms. The Labute approximate surface area is 57.7 Å². The Balaban J connectivity index is 0. The van der Waals surface area contributed by atoms with Gasteiger partial charge in [-0.3, -0.25) is 4.79 Å². The van der Waals surface area contributed by atoms with Gasteiger partial charge in [0.25, 0.3) is 5.09 Å². The van der Waals surface area contributed by atoms with Gasteiger partial charge in [-0.25, -0.2) is 0 Å². The Morgan fingerprint density at radius 1 is 1.80 bits per heavy atom. The average molecular weight is 150 g/mol. The molecule has 0 atom stereocenters. The highest BCUT2D eigenvalue weighted by molar-refractivity contribution is 5.73. The summed E-state index contributed by atoms with van der Waals surface area (Å²) in [6.07, 6.45) is 1.37. The number of nitrogens with two attached hydrogens (primary N) is 1. The maximum Gasteiger partial charge on any atom is 0.291 e. The van der Waals surface area contributed by atoms with Gasteiger partial charge in [-0.15, -0.1) is 10.1 Å². The number of hydrogen-bond donors (Lipinski definition) is 2. The zero-order valence-corrected chi connectivity index (χ0v) is 5.61. The molecule has 0 aromatic heterocycles. The van der Waals surface area contributed by atoms with E-state index in [4.69, 9.17) is 21.1 Å². The van der Waals surface area contributed by atoms with E-state index in [-0.39, 0.29) is 5.91 Å². The van der Waals surface area contributed by atoms with Crippen LogP contribution in [0.15, 0.2) is 0 Å². The predicted octanol–water partition coefficient (Wildman–Crippen LogP) is -0.0759. The highest BCUT2D eigenvalue weighted by Crippen LogP contribution is 1.79. The van der Waals surface area contributed by atoms with Crippen LogP contribution in [0.5, 0.6) is 0 Å². The molecule has 60 valence electrons. The second-order valence-electron chi connectivity index (χ2n) is 1.45. The van der Waals surface area contributed by atoms with Gasteiger partial charge >= 0.3 is 0 Å². The van der Waals surface area contributed by atoms with E-state index in [1.165, 1.54) is 0 Å². The highest BCUT2D eigenvalue weighted by Gasteiger charge is 1.84. The molecule has 0 radical (unpaired) electrons. The molecule has 0 spiro atoms. The van der Waals surface area contributed by atoms with Crippen molar-refractivity contribution < 1.29 is 15.1 Å². The summed E-state index contributed by atoms with van der Waals surface area (Å²) in [5, 5.41) is 13.6. The second-order valence-corrected chi connectivity index (χ2v) is 1.45. The SMILES string of the molecule is CCCC(N)=O.O=[N+]([O-])O. The van der Waals surface area contributed by atoms with Crippen molar-refractivity contribution in [3.63, 3.8) is 0 Å². The fourth-order valence-corrected chi connectivity index (χ4v) is 0.246. The zero-order chi connectivity index (χ0) is 8.57. The van der Waals surface area contributed by atoms with Crippen molar-refractivity contribution in [1.82, 2.24) is 0 Å². The second kappa shape index (κ2) is 7.67. The first kappa shape index (κ1) is 11.5. The van der Waals surface area contributed by atoms with Gasteiger partial charge in [0.05, 0.1) is 0 Å². The van der Waals surface area contributed by atoms with E-state index in [1.54, 1.807) is 0 Å². The van der Waals surface area contributed by atoms with E-state index >= 15 is 0 Å². The molecule has 0 aliphatic heterocycles. The van der Waals surface area contributed by atoms with Crippen LogP contribution >= 0.6 is 0 Å². The fraction of sp³-hybridized carbons (Fsp3) is 0.750. The van der Waals surface area contributed by atoms with E-state index in [0.29, 0.717) is 6.42 Å². The van der Waals surface area contributed by atoms with Gasteiger partial charge < -0.3 is 10.9 Å². The Bertz CT molecular complexity index is 110. The predicted molar refractivity (Wildman–Crippen MR) is 32.9 cm³/mol. The minimum Gasteiger partial charge on any atom is -0.370 e. The van der Waals surface area contributed by atoms with E-state index in [1.807, 2.05) is 6.92 Å². The Morgan fingerprint density at radius 3 is 2.10 bits per heavy atom. The van der Waals surface area contributed by atoms with Crippen molar-refractivity contribution in [3.8, 4) is 0 Å². The van der Waals surface area contributed by atoms with Crippen LogP contribution in [0.1, 0.15) is 19.8 Å². The smallest absolute Gasteiger partial charge is 0.291 e. The zero-order valence-electron chi connectivity index (χ0n) is 5.61. The summed E-state index contributed by atoms with van der Waals surface area (Å²) < 4.78 is 0. The maximum absolute atomic E-state index is 9.82. The van der Waals surface area contributed by atoms with E-state index in [0.717, 1.165) is 6.42 Å². The van der Waals surface area contributed by atoms with Gasteiger partial charge in [0.1, 0.15) is 0 Å². The van der Waals surface area contributed by atoms with Crippen molar-refractivity contribution in [3.05, 3.63) is 10.1 Å². The molecule has 1 amide bonds. The molecular weight excluding hydrogens is 140 g/mol. The minimum atomic E-state index is -1.50. The fourth-order valence-electron chi connectivity index (χ4n) is 0.246. The molecular formula is C4H10N2O4. The monoisotopic (exact) mass is 150 g/mol. The first-order chi connectivity index (χ1) is 4.50. The molecule has 0 saturated heterocycles. The van der Waals surface area contributed by atoms with Crippen molar-refractivity contribution in [1.29, 1.82) is 0 Å². The molecule has 6 nitrogen and oxygen atoms in total. The lowest BCUT2D eigenvalue weighted by Gasteiger charge is -1.81. The molecule has 0 aromatic carbocycles. The Kier molecular flexibility index (Phi) is 8.79. The van der Waals surface area contributed by atoms with Crippen LogP contribution in [0.3, 0.4) is 0 Å². The third-order valence-electron chi connectivity index (χ3n) is 0.496. The molecule has 0 heterocycles. The molecule has 10 heavy (non-hydrogen) atoms. The van der Waals surface area contributed by atoms with Crippen LogP contribution < -0.4 is 5.73 Å². The number of nitrogens with zero attached hydrogens (tertiary/aromatic N) is 1. The minimum absolute atomic E-state index is 0.211. The van der Waals surface area contributed by atoms with Gasteiger partial charge in [0.2, 0.25) is 5.91 Å².